The lowest BCUT2D eigenvalue weighted by atomic mass is 9.58. The quantitative estimate of drug-likeness (QED) is 0.259. The van der Waals surface area contributed by atoms with E-state index in [1.807, 2.05) is 24.3 Å². The Morgan fingerprint density at radius 2 is 1.81 bits per heavy atom. The summed E-state index contributed by atoms with van der Waals surface area (Å²) in [5.74, 6) is -1.69. The maximum atomic E-state index is 12.9. The maximum Gasteiger partial charge on any atom is 0.305 e. The summed E-state index contributed by atoms with van der Waals surface area (Å²) in [4.78, 5) is 37.0. The third-order valence-electron chi connectivity index (χ3n) is 6.92. The second-order valence-corrected chi connectivity index (χ2v) is 8.88. The largest absolute Gasteiger partial charge is 0.469 e. The molecule has 2 rings (SSSR count). The number of ether oxygens (including phenoxy) is 1. The molecule has 32 heavy (non-hydrogen) atoms. The monoisotopic (exact) mass is 438 g/mol. The van der Waals surface area contributed by atoms with E-state index in [1.165, 1.54) is 7.11 Å². The standard InChI is InChI=1S/C26H34N2O4/c1-3-4-5-6-9-12-19-15-23(30)26(17-27,18-28)21-16-22(29)20(25(19)21)13-10-7-8-11-14-24(31)32-2/h7,9-10,12,19-21,25H,3-6,8,11,13-16H2,1-2H3/b10-7-,12-9+/t19-,20+,21-,25?/m1/s1. The second kappa shape index (κ2) is 12.3. The number of esters is 1. The molecule has 0 aromatic heterocycles. The van der Waals surface area contributed by atoms with Crippen LogP contribution < -0.4 is 0 Å². The van der Waals surface area contributed by atoms with Crippen molar-refractivity contribution in [2.24, 2.45) is 29.1 Å². The lowest BCUT2D eigenvalue weighted by Gasteiger charge is -2.40. The van der Waals surface area contributed by atoms with E-state index in [2.05, 4.69) is 23.8 Å². The van der Waals surface area contributed by atoms with Gasteiger partial charge in [0, 0.05) is 31.1 Å². The number of rotatable bonds is 11. The van der Waals surface area contributed by atoms with Crippen molar-refractivity contribution in [2.45, 2.75) is 71.1 Å². The van der Waals surface area contributed by atoms with Gasteiger partial charge in [-0.1, -0.05) is 44.1 Å². The molecule has 2 aliphatic carbocycles. The summed E-state index contributed by atoms with van der Waals surface area (Å²) in [5.41, 5.74) is -1.72. The Kier molecular flexibility index (Phi) is 9.85. The minimum atomic E-state index is -1.72. The first-order valence-corrected chi connectivity index (χ1v) is 11.7. The van der Waals surface area contributed by atoms with Gasteiger partial charge in [0.05, 0.1) is 19.2 Å². The van der Waals surface area contributed by atoms with Crippen molar-refractivity contribution < 1.29 is 19.1 Å². The molecule has 0 heterocycles. The first-order chi connectivity index (χ1) is 15.4. The number of methoxy groups -OCH3 is 1. The van der Waals surface area contributed by atoms with Gasteiger partial charge in [-0.15, -0.1) is 0 Å². The second-order valence-electron chi connectivity index (χ2n) is 8.88. The van der Waals surface area contributed by atoms with Crippen LogP contribution in [0.2, 0.25) is 0 Å². The summed E-state index contributed by atoms with van der Waals surface area (Å²) < 4.78 is 4.63. The number of ketones is 2. The first-order valence-electron chi connectivity index (χ1n) is 11.7. The fraction of sp³-hybridized carbons (Fsp3) is 0.654. The van der Waals surface area contributed by atoms with E-state index in [0.717, 1.165) is 25.7 Å². The highest BCUT2D eigenvalue weighted by Crippen LogP contribution is 2.55. The molecule has 0 N–H and O–H groups in total. The average Bonchev–Trinajstić information content (AvgIpc) is 3.12. The summed E-state index contributed by atoms with van der Waals surface area (Å²) in [6.45, 7) is 2.15. The molecule has 6 heteroatoms. The molecule has 1 unspecified atom stereocenters. The number of unbranched alkanes of at least 4 members (excludes halogenated alkanes) is 4. The van der Waals surface area contributed by atoms with E-state index in [4.69, 9.17) is 0 Å². The van der Waals surface area contributed by atoms with Gasteiger partial charge in [-0.3, -0.25) is 14.4 Å². The average molecular weight is 439 g/mol. The van der Waals surface area contributed by atoms with Gasteiger partial charge in [0.1, 0.15) is 5.78 Å². The number of Topliss-reactive ketones (excluding diaryl/α,β-unsaturated/α-hetero) is 2. The third-order valence-corrected chi connectivity index (χ3v) is 6.92. The Labute approximate surface area is 191 Å². The molecule has 2 saturated carbocycles. The molecule has 0 aromatic rings. The SMILES string of the molecule is CCCCC/C=C/[C@@H]1CC(=O)C(C#N)(C#N)[C@@H]2CC(=O)[C@H](C/C=C\CCCC(=O)OC)C12. The molecular weight excluding hydrogens is 404 g/mol. The van der Waals surface area contributed by atoms with E-state index < -0.39 is 11.3 Å². The number of hydrogen-bond acceptors (Lipinski definition) is 6. The molecule has 0 amide bonds. The van der Waals surface area contributed by atoms with Crippen LogP contribution in [0, 0.1) is 51.7 Å². The highest BCUT2D eigenvalue weighted by Gasteiger charge is 2.61. The number of carbonyl (C=O) groups is 3. The number of fused-ring (bicyclic) bond motifs is 1. The van der Waals surface area contributed by atoms with Gasteiger partial charge in [-0.2, -0.15) is 10.5 Å². The van der Waals surface area contributed by atoms with Crippen LogP contribution in [-0.4, -0.2) is 24.6 Å². The molecule has 0 aromatic carbocycles. The van der Waals surface area contributed by atoms with Gasteiger partial charge in [-0.05, 0) is 43.9 Å². The highest BCUT2D eigenvalue weighted by molar-refractivity contribution is 5.95. The molecule has 0 bridgehead atoms. The lowest BCUT2D eigenvalue weighted by Crippen LogP contribution is -2.47. The summed E-state index contributed by atoms with van der Waals surface area (Å²) in [7, 11) is 1.37. The van der Waals surface area contributed by atoms with Gasteiger partial charge in [0.2, 0.25) is 5.41 Å². The van der Waals surface area contributed by atoms with Gasteiger partial charge < -0.3 is 4.74 Å². The summed E-state index contributed by atoms with van der Waals surface area (Å²) in [5, 5.41) is 19.5. The Hall–Kier alpha value is -2.73. The van der Waals surface area contributed by atoms with Gasteiger partial charge >= 0.3 is 5.97 Å². The molecule has 0 aliphatic heterocycles. The minimum absolute atomic E-state index is 0.0353. The summed E-state index contributed by atoms with van der Waals surface area (Å²) in [6, 6.07) is 3.97. The molecule has 4 atom stereocenters. The molecule has 0 spiro atoms. The fourth-order valence-electron chi connectivity index (χ4n) is 5.17. The van der Waals surface area contributed by atoms with Crippen LogP contribution in [-0.2, 0) is 19.1 Å². The van der Waals surface area contributed by atoms with Crippen LogP contribution in [0.25, 0.3) is 0 Å². The van der Waals surface area contributed by atoms with Crippen molar-refractivity contribution >= 4 is 17.5 Å². The van der Waals surface area contributed by atoms with Gasteiger partial charge in [0.15, 0.2) is 5.78 Å². The number of nitriles is 2. The third kappa shape index (κ3) is 5.74. The summed E-state index contributed by atoms with van der Waals surface area (Å²) >= 11 is 0. The zero-order chi connectivity index (χ0) is 23.6. The Morgan fingerprint density at radius 1 is 1.09 bits per heavy atom. The Bertz CT molecular complexity index is 816. The molecular formula is C26H34N2O4. The maximum absolute atomic E-state index is 12.9. The number of carbonyl (C=O) groups excluding carboxylic acids is 3. The van der Waals surface area contributed by atoms with Crippen LogP contribution in [0.3, 0.4) is 0 Å². The molecule has 0 radical (unpaired) electrons. The lowest BCUT2D eigenvalue weighted by molar-refractivity contribution is -0.140. The van der Waals surface area contributed by atoms with Crippen molar-refractivity contribution in [1.82, 2.24) is 0 Å². The topological polar surface area (TPSA) is 108 Å². The van der Waals surface area contributed by atoms with Crippen molar-refractivity contribution in [2.75, 3.05) is 7.11 Å². The van der Waals surface area contributed by atoms with E-state index in [0.29, 0.717) is 25.7 Å². The molecule has 2 aliphatic rings. The van der Waals surface area contributed by atoms with Crippen molar-refractivity contribution in [1.29, 1.82) is 10.5 Å². The van der Waals surface area contributed by atoms with Crippen molar-refractivity contribution in [3.05, 3.63) is 24.3 Å². The predicted octanol–water partition coefficient (Wildman–Crippen LogP) is 4.86. The fourth-order valence-corrected chi connectivity index (χ4v) is 5.17. The van der Waals surface area contributed by atoms with E-state index in [1.54, 1.807) is 0 Å². The van der Waals surface area contributed by atoms with Crippen LogP contribution >= 0.6 is 0 Å². The minimum Gasteiger partial charge on any atom is -0.469 e. The van der Waals surface area contributed by atoms with E-state index in [9.17, 15) is 24.9 Å². The Balaban J connectivity index is 2.15. The first kappa shape index (κ1) is 25.5. The van der Waals surface area contributed by atoms with Crippen LogP contribution in [0.5, 0.6) is 0 Å². The van der Waals surface area contributed by atoms with Crippen molar-refractivity contribution in [3.8, 4) is 12.1 Å². The highest BCUT2D eigenvalue weighted by atomic mass is 16.5. The molecule has 172 valence electrons. The number of allylic oxidation sites excluding steroid dienone is 4. The smallest absolute Gasteiger partial charge is 0.305 e. The Morgan fingerprint density at radius 3 is 2.47 bits per heavy atom. The summed E-state index contributed by atoms with van der Waals surface area (Å²) in [6.07, 6.45) is 14.9. The zero-order valence-electron chi connectivity index (χ0n) is 19.2. The van der Waals surface area contributed by atoms with E-state index in [-0.39, 0.29) is 48.1 Å². The number of hydrogen-bond donors (Lipinski definition) is 0. The normalized spacial score (nSPS) is 26.8. The zero-order valence-corrected chi connectivity index (χ0v) is 19.2. The van der Waals surface area contributed by atoms with Crippen LogP contribution in [0.1, 0.15) is 71.1 Å². The molecule has 2 fully saturated rings. The van der Waals surface area contributed by atoms with Gasteiger partial charge in [0.25, 0.3) is 0 Å². The molecule has 0 saturated heterocycles. The van der Waals surface area contributed by atoms with E-state index >= 15 is 0 Å². The van der Waals surface area contributed by atoms with Gasteiger partial charge in [-0.25, -0.2) is 0 Å². The molecule has 6 nitrogen and oxygen atoms in total. The predicted molar refractivity (Wildman–Crippen MR) is 120 cm³/mol. The number of nitrogens with zero attached hydrogens (tertiary/aromatic N) is 2. The van der Waals surface area contributed by atoms with Crippen molar-refractivity contribution in [3.63, 3.8) is 0 Å². The van der Waals surface area contributed by atoms with Crippen LogP contribution in [0.15, 0.2) is 24.3 Å². The van der Waals surface area contributed by atoms with Crippen LogP contribution in [0.4, 0.5) is 0 Å².